The Balaban J connectivity index is 0.00000294. The van der Waals surface area contributed by atoms with E-state index in [-0.39, 0.29) is 42.0 Å². The molecule has 0 radical (unpaired) electrons. The Bertz CT molecular complexity index is 1300. The molecule has 0 fully saturated rings. The predicted molar refractivity (Wildman–Crippen MR) is 164 cm³/mol. The van der Waals surface area contributed by atoms with Gasteiger partial charge in [-0.2, -0.15) is 0 Å². The molecular weight excluding hydrogens is 543 g/mol. The Kier molecular flexibility index (Phi) is 13.5. The molecule has 0 aliphatic heterocycles. The molecule has 8 N–H and O–H groups in total. The summed E-state index contributed by atoms with van der Waals surface area (Å²) in [6.45, 7) is 3.17. The number of primary amides is 1. The second kappa shape index (κ2) is 16.1. The summed E-state index contributed by atoms with van der Waals surface area (Å²) in [7, 11) is -4.07. The molecule has 9 nitrogen and oxygen atoms in total. The highest BCUT2D eigenvalue weighted by Crippen LogP contribution is 2.42. The van der Waals surface area contributed by atoms with E-state index in [2.05, 4.69) is 35.8 Å². The van der Waals surface area contributed by atoms with Crippen LogP contribution in [0.3, 0.4) is 0 Å². The van der Waals surface area contributed by atoms with Gasteiger partial charge in [-0.25, -0.2) is 0 Å². The van der Waals surface area contributed by atoms with Crippen molar-refractivity contribution in [2.45, 2.75) is 90.0 Å². The van der Waals surface area contributed by atoms with Crippen LogP contribution in [-0.2, 0) is 28.7 Å². The molecule has 0 saturated carbocycles. The van der Waals surface area contributed by atoms with Crippen molar-refractivity contribution in [2.75, 3.05) is 12.8 Å². The molecule has 1 aromatic heterocycles. The molecule has 1 aliphatic carbocycles. The minimum Gasteiger partial charge on any atom is -0.493 e. The Labute approximate surface area is 242 Å². The standard InChI is InChI=1S/C31H43N2O5P.2H2O/c1-2-3-4-5-6-10-15-24-20-28-26(21-29(24)38-18-12-19-39(35,36)37)30-25(31(32)34)16-11-17-27(30)33(28)22-23-13-8-7-9-14-23;;/h7-9,13-14,20-21,25H,2-6,10-12,15-19,22H2,1H3,(H2,32,34)(H2,35,36,37);2*1H2. The maximum absolute atomic E-state index is 12.5. The number of amides is 1. The van der Waals surface area contributed by atoms with Crippen molar-refractivity contribution in [1.29, 1.82) is 0 Å². The van der Waals surface area contributed by atoms with Gasteiger partial charge in [-0.15, -0.1) is 0 Å². The van der Waals surface area contributed by atoms with Crippen LogP contribution in [0.4, 0.5) is 0 Å². The Morgan fingerprint density at radius 2 is 1.76 bits per heavy atom. The zero-order chi connectivity index (χ0) is 27.8. The van der Waals surface area contributed by atoms with Crippen molar-refractivity contribution in [3.05, 3.63) is 64.8 Å². The fourth-order valence-corrected chi connectivity index (χ4v) is 6.42. The van der Waals surface area contributed by atoms with Gasteiger partial charge in [0.1, 0.15) is 5.75 Å². The van der Waals surface area contributed by atoms with E-state index in [9.17, 15) is 19.1 Å². The molecular formula is C31H47N2O7P. The van der Waals surface area contributed by atoms with Crippen LogP contribution < -0.4 is 10.5 Å². The van der Waals surface area contributed by atoms with Crippen LogP contribution in [-0.4, -0.2) is 44.0 Å². The number of aryl methyl sites for hydroxylation is 1. The molecule has 0 spiro atoms. The number of fused-ring (bicyclic) bond motifs is 3. The van der Waals surface area contributed by atoms with Crippen LogP contribution in [0, 0.1) is 0 Å². The summed E-state index contributed by atoms with van der Waals surface area (Å²) in [6, 6.07) is 14.6. The lowest BCUT2D eigenvalue weighted by Crippen LogP contribution is -2.25. The average molecular weight is 591 g/mol. The first-order valence-electron chi connectivity index (χ1n) is 14.5. The number of aromatic nitrogens is 1. The molecule has 228 valence electrons. The summed E-state index contributed by atoms with van der Waals surface area (Å²) >= 11 is 0. The molecule has 41 heavy (non-hydrogen) atoms. The number of rotatable bonds is 15. The number of nitrogens with zero attached hydrogens (tertiary/aromatic N) is 1. The smallest absolute Gasteiger partial charge is 0.325 e. The van der Waals surface area contributed by atoms with Gasteiger partial charge >= 0.3 is 7.60 Å². The zero-order valence-corrected chi connectivity index (χ0v) is 25.0. The van der Waals surface area contributed by atoms with Gasteiger partial charge in [0, 0.05) is 23.1 Å². The third-order valence-corrected chi connectivity index (χ3v) is 8.73. The Morgan fingerprint density at radius 1 is 1.05 bits per heavy atom. The van der Waals surface area contributed by atoms with Crippen molar-refractivity contribution in [3.8, 4) is 5.75 Å². The maximum atomic E-state index is 12.5. The number of ether oxygens (including phenoxy) is 1. The lowest BCUT2D eigenvalue weighted by molar-refractivity contribution is -0.119. The number of benzene rings is 2. The molecule has 3 aromatic rings. The fourth-order valence-electron chi connectivity index (χ4n) is 5.88. The Morgan fingerprint density at radius 3 is 2.44 bits per heavy atom. The summed E-state index contributed by atoms with van der Waals surface area (Å²) in [4.78, 5) is 31.1. The van der Waals surface area contributed by atoms with Gasteiger partial charge in [0.15, 0.2) is 0 Å². The van der Waals surface area contributed by atoms with Crippen molar-refractivity contribution in [1.82, 2.24) is 4.57 Å². The minimum absolute atomic E-state index is 0. The second-order valence-corrected chi connectivity index (χ2v) is 12.6. The molecule has 4 rings (SSSR count). The molecule has 1 unspecified atom stereocenters. The molecule has 1 amide bonds. The Hall–Kier alpha value is -2.68. The van der Waals surface area contributed by atoms with Crippen LogP contribution in [0.15, 0.2) is 42.5 Å². The van der Waals surface area contributed by atoms with Crippen molar-refractivity contribution < 1.29 is 34.8 Å². The molecule has 10 heteroatoms. The molecule has 0 bridgehead atoms. The predicted octanol–water partition coefficient (Wildman–Crippen LogP) is 4.80. The molecule has 2 aromatic carbocycles. The van der Waals surface area contributed by atoms with E-state index in [1.807, 2.05) is 18.2 Å². The molecule has 1 atom stereocenters. The van der Waals surface area contributed by atoms with Gasteiger partial charge in [-0.05, 0) is 67.3 Å². The largest absolute Gasteiger partial charge is 0.493 e. The first kappa shape index (κ1) is 34.5. The van der Waals surface area contributed by atoms with Gasteiger partial charge in [0.25, 0.3) is 0 Å². The van der Waals surface area contributed by atoms with Gasteiger partial charge in [-0.1, -0.05) is 69.4 Å². The van der Waals surface area contributed by atoms with E-state index in [4.69, 9.17) is 10.5 Å². The summed E-state index contributed by atoms with van der Waals surface area (Å²) < 4.78 is 19.9. The van der Waals surface area contributed by atoms with Gasteiger partial charge < -0.3 is 35.8 Å². The summed E-state index contributed by atoms with van der Waals surface area (Å²) in [5.74, 6) is 0.116. The van der Waals surface area contributed by atoms with E-state index >= 15 is 0 Å². The first-order valence-corrected chi connectivity index (χ1v) is 16.3. The number of carbonyl (C=O) groups excluding carboxylic acids is 1. The van der Waals surface area contributed by atoms with Crippen LogP contribution in [0.2, 0.25) is 0 Å². The highest BCUT2D eigenvalue weighted by molar-refractivity contribution is 7.51. The fraction of sp³-hybridized carbons (Fsp3) is 0.516. The van der Waals surface area contributed by atoms with E-state index in [0.29, 0.717) is 0 Å². The number of nitrogens with two attached hydrogens (primary N) is 1. The zero-order valence-electron chi connectivity index (χ0n) is 24.1. The number of unbranched alkanes of at least 4 members (excludes halogenated alkanes) is 5. The quantitative estimate of drug-likeness (QED) is 0.170. The van der Waals surface area contributed by atoms with Crippen LogP contribution in [0.25, 0.3) is 10.9 Å². The lowest BCUT2D eigenvalue weighted by atomic mass is 9.84. The van der Waals surface area contributed by atoms with Gasteiger partial charge in [0.05, 0.1) is 18.7 Å². The highest BCUT2D eigenvalue weighted by atomic mass is 31.2. The monoisotopic (exact) mass is 590 g/mol. The summed E-state index contributed by atoms with van der Waals surface area (Å²) in [5, 5.41) is 1.00. The van der Waals surface area contributed by atoms with Crippen molar-refractivity contribution >= 4 is 24.4 Å². The van der Waals surface area contributed by atoms with E-state index < -0.39 is 7.60 Å². The third-order valence-electron chi connectivity index (χ3n) is 7.83. The normalized spacial score (nSPS) is 14.7. The third kappa shape index (κ3) is 9.15. The van der Waals surface area contributed by atoms with Gasteiger partial charge in [-0.3, -0.25) is 9.36 Å². The summed E-state index contributed by atoms with van der Waals surface area (Å²) in [6.07, 6.45) is 10.7. The van der Waals surface area contributed by atoms with Crippen LogP contribution in [0.1, 0.15) is 93.0 Å². The highest BCUT2D eigenvalue weighted by Gasteiger charge is 2.31. The lowest BCUT2D eigenvalue weighted by Gasteiger charge is -2.22. The van der Waals surface area contributed by atoms with Crippen molar-refractivity contribution in [3.63, 3.8) is 0 Å². The molecule has 1 aliphatic rings. The van der Waals surface area contributed by atoms with Crippen LogP contribution >= 0.6 is 7.60 Å². The molecule has 1 heterocycles. The summed E-state index contributed by atoms with van der Waals surface area (Å²) in [5.41, 5.74) is 11.5. The van der Waals surface area contributed by atoms with E-state index in [1.54, 1.807) is 0 Å². The number of carbonyl (C=O) groups is 1. The number of hydrogen-bond acceptors (Lipinski definition) is 3. The maximum Gasteiger partial charge on any atom is 0.325 e. The topological polar surface area (TPSA) is 178 Å². The second-order valence-electron chi connectivity index (χ2n) is 10.9. The van der Waals surface area contributed by atoms with Crippen LogP contribution in [0.5, 0.6) is 5.75 Å². The van der Waals surface area contributed by atoms with Gasteiger partial charge in [0.2, 0.25) is 5.91 Å². The number of hydrogen-bond donors (Lipinski definition) is 3. The van der Waals surface area contributed by atoms with E-state index in [0.717, 1.165) is 72.8 Å². The van der Waals surface area contributed by atoms with Crippen molar-refractivity contribution in [2.24, 2.45) is 5.73 Å². The van der Waals surface area contributed by atoms with E-state index in [1.165, 1.54) is 36.9 Å². The molecule has 0 saturated heterocycles. The first-order chi connectivity index (χ1) is 18.8. The minimum atomic E-state index is -4.07. The SMILES string of the molecule is CCCCCCCCc1cc2c(cc1OCCCP(=O)(O)O)c1c(n2Cc2ccccc2)CCCC1C(N)=O.O.O. The average Bonchev–Trinajstić information content (AvgIpc) is 3.20.